The first kappa shape index (κ1) is 14.2. The lowest BCUT2D eigenvalue weighted by Crippen LogP contribution is -2.23. The van der Waals surface area contributed by atoms with E-state index in [0.717, 1.165) is 13.0 Å². The highest BCUT2D eigenvalue weighted by atomic mass is 35.5. The largest absolute Gasteiger partial charge is 0.369 e. The van der Waals surface area contributed by atoms with E-state index < -0.39 is 0 Å². The smallest absolute Gasteiger partial charge is 0.222 e. The van der Waals surface area contributed by atoms with Gasteiger partial charge in [0.25, 0.3) is 0 Å². The summed E-state index contributed by atoms with van der Waals surface area (Å²) in [5.41, 5.74) is 0. The normalized spacial score (nSPS) is 18.3. The van der Waals surface area contributed by atoms with Gasteiger partial charge in [0, 0.05) is 19.5 Å². The van der Waals surface area contributed by atoms with E-state index in [1.807, 2.05) is 0 Å². The zero-order valence-electron chi connectivity index (χ0n) is 10.6. The van der Waals surface area contributed by atoms with Gasteiger partial charge in [0.1, 0.15) is 11.6 Å². The number of hydrogen-bond donors (Lipinski definition) is 3. The second kappa shape index (κ2) is 6.30. The summed E-state index contributed by atoms with van der Waals surface area (Å²) < 4.78 is 0. The Morgan fingerprint density at radius 1 is 1.42 bits per heavy atom. The predicted octanol–water partition coefficient (Wildman–Crippen LogP) is 2.51. The number of carbonyl (C=O) groups excluding carboxylic acids is 1. The maximum Gasteiger partial charge on any atom is 0.222 e. The third-order valence-electron chi connectivity index (χ3n) is 2.79. The Bertz CT molecular complexity index is 481. The van der Waals surface area contributed by atoms with E-state index in [1.165, 1.54) is 0 Å². The first-order chi connectivity index (χ1) is 9.10. The summed E-state index contributed by atoms with van der Waals surface area (Å²) in [6.07, 6.45) is 1.41. The van der Waals surface area contributed by atoms with Gasteiger partial charge < -0.3 is 16.0 Å². The molecule has 5 nitrogen and oxygen atoms in total. The van der Waals surface area contributed by atoms with Crippen molar-refractivity contribution in [2.24, 2.45) is 0 Å². The van der Waals surface area contributed by atoms with Gasteiger partial charge in [-0.15, -0.1) is 0 Å². The van der Waals surface area contributed by atoms with E-state index in [2.05, 4.69) is 27.9 Å². The lowest BCUT2D eigenvalue weighted by Gasteiger charge is -2.15. The Balaban J connectivity index is 2.12. The fraction of sp³-hybridized carbons (Fsp3) is 0.500. The number of nitrogens with one attached hydrogen (secondary N) is 3. The van der Waals surface area contributed by atoms with Crippen molar-refractivity contribution in [2.45, 2.75) is 25.8 Å². The van der Waals surface area contributed by atoms with Crippen LogP contribution in [-0.2, 0) is 4.79 Å². The zero-order chi connectivity index (χ0) is 13.8. The van der Waals surface area contributed by atoms with E-state index in [1.54, 1.807) is 6.07 Å². The minimum absolute atomic E-state index is 0.0118. The molecule has 1 fully saturated rings. The molecule has 1 aromatic heterocycles. The Kier molecular flexibility index (Phi) is 4.71. The topological polar surface area (TPSA) is 66.1 Å². The van der Waals surface area contributed by atoms with Gasteiger partial charge in [0.05, 0.1) is 16.1 Å². The highest BCUT2D eigenvalue weighted by Crippen LogP contribution is 2.30. The molecule has 0 aliphatic carbocycles. The van der Waals surface area contributed by atoms with Crippen LogP contribution in [0.4, 0.5) is 11.6 Å². The average molecular weight is 303 g/mol. The lowest BCUT2D eigenvalue weighted by molar-refractivity contribution is -0.119. The predicted molar refractivity (Wildman–Crippen MR) is 78.1 cm³/mol. The minimum Gasteiger partial charge on any atom is -0.369 e. The van der Waals surface area contributed by atoms with Crippen molar-refractivity contribution in [1.29, 1.82) is 0 Å². The summed E-state index contributed by atoms with van der Waals surface area (Å²) in [6, 6.07) is 1.67. The molecule has 1 aromatic rings. The maximum atomic E-state index is 11.2. The van der Waals surface area contributed by atoms with E-state index in [9.17, 15) is 4.79 Å². The molecule has 0 bridgehead atoms. The monoisotopic (exact) mass is 302 g/mol. The highest BCUT2D eigenvalue weighted by molar-refractivity contribution is 6.37. The van der Waals surface area contributed by atoms with Crippen LogP contribution in [0.25, 0.3) is 0 Å². The van der Waals surface area contributed by atoms with Crippen LogP contribution in [-0.4, -0.2) is 30.0 Å². The summed E-state index contributed by atoms with van der Waals surface area (Å²) in [5, 5.41) is 9.99. The average Bonchev–Trinajstić information content (AvgIpc) is 2.77. The molecule has 1 aliphatic heterocycles. The molecule has 0 saturated carbocycles. The van der Waals surface area contributed by atoms with Crippen LogP contribution in [0.2, 0.25) is 10.0 Å². The second-order valence-electron chi connectivity index (χ2n) is 4.43. The van der Waals surface area contributed by atoms with Crippen molar-refractivity contribution >= 4 is 40.7 Å². The van der Waals surface area contributed by atoms with Crippen LogP contribution < -0.4 is 16.0 Å². The van der Waals surface area contributed by atoms with Crippen molar-refractivity contribution in [3.63, 3.8) is 0 Å². The number of carbonyl (C=O) groups is 1. The summed E-state index contributed by atoms with van der Waals surface area (Å²) in [6.45, 7) is 3.43. The van der Waals surface area contributed by atoms with Gasteiger partial charge in [0.2, 0.25) is 5.91 Å². The van der Waals surface area contributed by atoms with Gasteiger partial charge in [-0.25, -0.2) is 4.98 Å². The summed E-state index contributed by atoms with van der Waals surface area (Å²) in [4.78, 5) is 15.5. The molecule has 19 heavy (non-hydrogen) atoms. The molecule has 2 rings (SSSR count). The van der Waals surface area contributed by atoms with Crippen LogP contribution in [0.3, 0.4) is 0 Å². The number of pyridine rings is 1. The molecule has 1 amide bonds. The molecule has 0 radical (unpaired) electrons. The van der Waals surface area contributed by atoms with E-state index in [0.29, 0.717) is 34.6 Å². The van der Waals surface area contributed by atoms with Crippen molar-refractivity contribution in [3.8, 4) is 0 Å². The third-order valence-corrected chi connectivity index (χ3v) is 3.37. The van der Waals surface area contributed by atoms with Crippen LogP contribution in [0.1, 0.15) is 19.8 Å². The minimum atomic E-state index is 0.0118. The molecule has 7 heteroatoms. The van der Waals surface area contributed by atoms with Crippen molar-refractivity contribution in [2.75, 3.05) is 23.7 Å². The number of anilines is 2. The molecule has 1 unspecified atom stereocenters. The third kappa shape index (κ3) is 3.64. The Hall–Kier alpha value is -1.20. The molecule has 2 heterocycles. The van der Waals surface area contributed by atoms with E-state index >= 15 is 0 Å². The molecule has 3 N–H and O–H groups in total. The number of rotatable bonds is 5. The fourth-order valence-electron chi connectivity index (χ4n) is 1.84. The van der Waals surface area contributed by atoms with Crippen molar-refractivity contribution in [3.05, 3.63) is 16.1 Å². The van der Waals surface area contributed by atoms with Gasteiger partial charge in [0.15, 0.2) is 0 Å². The Morgan fingerprint density at radius 2 is 2.16 bits per heavy atom. The van der Waals surface area contributed by atoms with Crippen molar-refractivity contribution < 1.29 is 4.79 Å². The van der Waals surface area contributed by atoms with Gasteiger partial charge in [-0.1, -0.05) is 30.1 Å². The van der Waals surface area contributed by atoms with Crippen molar-refractivity contribution in [1.82, 2.24) is 10.3 Å². The van der Waals surface area contributed by atoms with E-state index in [-0.39, 0.29) is 11.9 Å². The first-order valence-electron chi connectivity index (χ1n) is 6.23. The molecule has 1 atom stereocenters. The summed E-state index contributed by atoms with van der Waals surface area (Å²) in [7, 11) is 0. The molecule has 1 saturated heterocycles. The summed E-state index contributed by atoms with van der Waals surface area (Å²) >= 11 is 12.2. The number of nitrogens with zero attached hydrogens (tertiary/aromatic N) is 1. The Labute approximate surface area is 122 Å². The van der Waals surface area contributed by atoms with Gasteiger partial charge in [-0.05, 0) is 12.5 Å². The molecule has 0 spiro atoms. The molecular formula is C12H16Cl2N4O. The molecular weight excluding hydrogens is 287 g/mol. The number of halogens is 2. The zero-order valence-corrected chi connectivity index (χ0v) is 12.1. The quantitative estimate of drug-likeness (QED) is 0.782. The molecule has 1 aliphatic rings. The SMILES string of the molecule is CCCNc1nc(NC2CNC(=O)C2)c(Cl)cc1Cl. The van der Waals surface area contributed by atoms with Gasteiger partial charge in [-0.2, -0.15) is 0 Å². The van der Waals surface area contributed by atoms with Crippen LogP contribution in [0.15, 0.2) is 6.07 Å². The fourth-order valence-corrected chi connectivity index (χ4v) is 2.32. The van der Waals surface area contributed by atoms with Crippen LogP contribution >= 0.6 is 23.2 Å². The van der Waals surface area contributed by atoms with Gasteiger partial charge >= 0.3 is 0 Å². The van der Waals surface area contributed by atoms with Gasteiger partial charge in [-0.3, -0.25) is 4.79 Å². The summed E-state index contributed by atoms with van der Waals surface area (Å²) in [5.74, 6) is 1.19. The Morgan fingerprint density at radius 3 is 2.79 bits per heavy atom. The highest BCUT2D eigenvalue weighted by Gasteiger charge is 2.22. The number of amides is 1. The number of aromatic nitrogens is 1. The number of hydrogen-bond acceptors (Lipinski definition) is 4. The maximum absolute atomic E-state index is 11.2. The first-order valence-corrected chi connectivity index (χ1v) is 6.99. The molecule has 0 aromatic carbocycles. The lowest BCUT2D eigenvalue weighted by atomic mass is 10.2. The van der Waals surface area contributed by atoms with Crippen LogP contribution in [0, 0.1) is 0 Å². The second-order valence-corrected chi connectivity index (χ2v) is 5.24. The van der Waals surface area contributed by atoms with Crippen LogP contribution in [0.5, 0.6) is 0 Å². The van der Waals surface area contributed by atoms with E-state index in [4.69, 9.17) is 23.2 Å². The molecule has 104 valence electrons. The standard InChI is InChI=1S/C12H16Cl2N4O/c1-2-3-15-11-8(13)5-9(14)12(18-11)17-7-4-10(19)16-6-7/h5,7H,2-4,6H2,1H3,(H,16,19)(H2,15,17,18).